The molecular weight excluding hydrogens is 324 g/mol. The van der Waals surface area contributed by atoms with E-state index >= 15 is 0 Å². The SMILES string of the molecule is COc1ccc(C)cc1NC(=O)[C@H]1CCCN1C(=O)c1cccs1. The van der Waals surface area contributed by atoms with Gasteiger partial charge >= 0.3 is 0 Å². The number of aryl methyl sites for hydroxylation is 1. The Bertz CT molecular complexity index is 743. The number of rotatable bonds is 4. The van der Waals surface area contributed by atoms with E-state index in [1.807, 2.05) is 36.6 Å². The summed E-state index contributed by atoms with van der Waals surface area (Å²) in [4.78, 5) is 27.6. The van der Waals surface area contributed by atoms with E-state index < -0.39 is 6.04 Å². The van der Waals surface area contributed by atoms with Gasteiger partial charge in [-0.3, -0.25) is 9.59 Å². The molecule has 1 fully saturated rings. The monoisotopic (exact) mass is 344 g/mol. The van der Waals surface area contributed by atoms with Gasteiger partial charge in [-0.05, 0) is 48.9 Å². The lowest BCUT2D eigenvalue weighted by Gasteiger charge is -2.24. The van der Waals surface area contributed by atoms with Crippen LogP contribution in [0.3, 0.4) is 0 Å². The van der Waals surface area contributed by atoms with E-state index in [-0.39, 0.29) is 11.8 Å². The van der Waals surface area contributed by atoms with Crippen molar-refractivity contribution < 1.29 is 14.3 Å². The molecule has 0 spiro atoms. The van der Waals surface area contributed by atoms with Crippen LogP contribution in [-0.4, -0.2) is 36.4 Å². The number of thiophene rings is 1. The number of methoxy groups -OCH3 is 1. The molecule has 2 aromatic rings. The van der Waals surface area contributed by atoms with Gasteiger partial charge in [0.15, 0.2) is 0 Å². The second-order valence-electron chi connectivity index (χ2n) is 5.83. The fourth-order valence-electron chi connectivity index (χ4n) is 2.96. The summed E-state index contributed by atoms with van der Waals surface area (Å²) >= 11 is 1.40. The number of hydrogen-bond donors (Lipinski definition) is 1. The van der Waals surface area contributed by atoms with Gasteiger partial charge < -0.3 is 15.0 Å². The molecule has 24 heavy (non-hydrogen) atoms. The number of nitrogens with zero attached hydrogens (tertiary/aromatic N) is 1. The highest BCUT2D eigenvalue weighted by Crippen LogP contribution is 2.28. The fraction of sp³-hybridized carbons (Fsp3) is 0.333. The molecule has 1 atom stereocenters. The van der Waals surface area contributed by atoms with Gasteiger partial charge in [-0.25, -0.2) is 0 Å². The first kappa shape index (κ1) is 16.5. The number of carbonyl (C=O) groups excluding carboxylic acids is 2. The molecule has 0 unspecified atom stereocenters. The van der Waals surface area contributed by atoms with E-state index in [1.54, 1.807) is 18.1 Å². The number of amides is 2. The largest absolute Gasteiger partial charge is 0.495 e. The number of likely N-dealkylation sites (tertiary alicyclic amines) is 1. The lowest BCUT2D eigenvalue weighted by molar-refractivity contribution is -0.119. The van der Waals surface area contributed by atoms with Crippen LogP contribution in [-0.2, 0) is 4.79 Å². The molecule has 2 amide bonds. The van der Waals surface area contributed by atoms with Crippen LogP contribution in [0.4, 0.5) is 5.69 Å². The molecule has 3 rings (SSSR count). The third kappa shape index (κ3) is 3.28. The molecule has 126 valence electrons. The Balaban J connectivity index is 1.77. The first-order valence-corrected chi connectivity index (χ1v) is 8.78. The van der Waals surface area contributed by atoms with Crippen LogP contribution in [0.2, 0.25) is 0 Å². The minimum atomic E-state index is -0.440. The Morgan fingerprint density at radius 1 is 1.33 bits per heavy atom. The van der Waals surface area contributed by atoms with Gasteiger partial charge in [0.05, 0.1) is 17.7 Å². The molecular formula is C18H20N2O3S. The normalized spacial score (nSPS) is 16.9. The summed E-state index contributed by atoms with van der Waals surface area (Å²) in [6.07, 6.45) is 1.51. The zero-order valence-corrected chi connectivity index (χ0v) is 14.6. The first-order valence-electron chi connectivity index (χ1n) is 7.90. The quantitative estimate of drug-likeness (QED) is 0.926. The maximum Gasteiger partial charge on any atom is 0.264 e. The van der Waals surface area contributed by atoms with Gasteiger partial charge in [-0.2, -0.15) is 0 Å². The Hall–Kier alpha value is -2.34. The fourth-order valence-corrected chi connectivity index (χ4v) is 3.64. The summed E-state index contributed by atoms with van der Waals surface area (Å²) in [5.41, 5.74) is 1.67. The van der Waals surface area contributed by atoms with Gasteiger partial charge in [0.2, 0.25) is 5.91 Å². The van der Waals surface area contributed by atoms with Gasteiger partial charge in [0.1, 0.15) is 11.8 Å². The highest BCUT2D eigenvalue weighted by molar-refractivity contribution is 7.12. The van der Waals surface area contributed by atoms with Crippen molar-refractivity contribution in [1.82, 2.24) is 4.90 Å². The average Bonchev–Trinajstić information content (AvgIpc) is 3.26. The van der Waals surface area contributed by atoms with E-state index in [2.05, 4.69) is 5.32 Å². The van der Waals surface area contributed by atoms with Crippen LogP contribution >= 0.6 is 11.3 Å². The van der Waals surface area contributed by atoms with Crippen molar-refractivity contribution in [2.24, 2.45) is 0 Å². The summed E-state index contributed by atoms with van der Waals surface area (Å²) in [5.74, 6) is 0.378. The number of ether oxygens (including phenoxy) is 1. The maximum absolute atomic E-state index is 12.7. The van der Waals surface area contributed by atoms with Crippen LogP contribution in [0, 0.1) is 6.92 Å². The van der Waals surface area contributed by atoms with Crippen LogP contribution in [0.5, 0.6) is 5.75 Å². The smallest absolute Gasteiger partial charge is 0.264 e. The van der Waals surface area contributed by atoms with Crippen molar-refractivity contribution in [2.45, 2.75) is 25.8 Å². The number of benzene rings is 1. The van der Waals surface area contributed by atoms with E-state index in [9.17, 15) is 9.59 Å². The molecule has 0 saturated carbocycles. The molecule has 5 nitrogen and oxygen atoms in total. The predicted molar refractivity (Wildman–Crippen MR) is 94.7 cm³/mol. The molecule has 6 heteroatoms. The highest BCUT2D eigenvalue weighted by Gasteiger charge is 2.35. The van der Waals surface area contributed by atoms with Crippen molar-refractivity contribution >= 4 is 28.8 Å². The standard InChI is InChI=1S/C18H20N2O3S/c1-12-7-8-15(23-2)13(11-12)19-17(21)14-5-3-9-20(14)18(22)16-6-4-10-24-16/h4,6-8,10-11,14H,3,5,9H2,1-2H3,(H,19,21)/t14-/m1/s1. The highest BCUT2D eigenvalue weighted by atomic mass is 32.1. The zero-order valence-electron chi connectivity index (χ0n) is 13.7. The van der Waals surface area contributed by atoms with Crippen molar-refractivity contribution in [1.29, 1.82) is 0 Å². The average molecular weight is 344 g/mol. The third-order valence-electron chi connectivity index (χ3n) is 4.16. The topological polar surface area (TPSA) is 58.6 Å². The van der Waals surface area contributed by atoms with E-state index in [0.29, 0.717) is 29.3 Å². The Kier molecular flexibility index (Phi) is 4.85. The lowest BCUT2D eigenvalue weighted by atomic mass is 10.1. The molecule has 1 aromatic heterocycles. The Labute approximate surface area is 145 Å². The van der Waals surface area contributed by atoms with Crippen LogP contribution < -0.4 is 10.1 Å². The molecule has 1 aliphatic rings. The predicted octanol–water partition coefficient (Wildman–Crippen LogP) is 3.31. The second-order valence-corrected chi connectivity index (χ2v) is 6.77. The lowest BCUT2D eigenvalue weighted by Crippen LogP contribution is -2.43. The molecule has 1 aliphatic heterocycles. The van der Waals surface area contributed by atoms with E-state index in [1.165, 1.54) is 11.3 Å². The summed E-state index contributed by atoms with van der Waals surface area (Å²) in [7, 11) is 1.57. The summed E-state index contributed by atoms with van der Waals surface area (Å²) in [6, 6.07) is 8.83. The Morgan fingerprint density at radius 3 is 2.88 bits per heavy atom. The van der Waals surface area contributed by atoms with Crippen LogP contribution in [0.15, 0.2) is 35.7 Å². The molecule has 0 radical (unpaired) electrons. The van der Waals surface area contributed by atoms with Crippen LogP contribution in [0.25, 0.3) is 0 Å². The molecule has 0 bridgehead atoms. The van der Waals surface area contributed by atoms with Crippen molar-refractivity contribution in [3.8, 4) is 5.75 Å². The summed E-state index contributed by atoms with van der Waals surface area (Å²) in [6.45, 7) is 2.57. The zero-order chi connectivity index (χ0) is 17.1. The third-order valence-corrected chi connectivity index (χ3v) is 5.02. The molecule has 2 heterocycles. The van der Waals surface area contributed by atoms with Crippen molar-refractivity contribution in [2.75, 3.05) is 19.0 Å². The maximum atomic E-state index is 12.7. The minimum absolute atomic E-state index is 0.0705. The van der Waals surface area contributed by atoms with Crippen LogP contribution in [0.1, 0.15) is 28.1 Å². The Morgan fingerprint density at radius 2 is 2.17 bits per heavy atom. The van der Waals surface area contributed by atoms with Gasteiger partial charge in [0.25, 0.3) is 5.91 Å². The van der Waals surface area contributed by atoms with Gasteiger partial charge in [-0.1, -0.05) is 12.1 Å². The molecule has 0 aliphatic carbocycles. The van der Waals surface area contributed by atoms with E-state index in [4.69, 9.17) is 4.74 Å². The molecule has 1 saturated heterocycles. The first-order chi connectivity index (χ1) is 11.6. The number of carbonyl (C=O) groups is 2. The van der Waals surface area contributed by atoms with Crippen molar-refractivity contribution in [3.05, 3.63) is 46.2 Å². The molecule has 1 aromatic carbocycles. The van der Waals surface area contributed by atoms with E-state index in [0.717, 1.165) is 12.0 Å². The summed E-state index contributed by atoms with van der Waals surface area (Å²) < 4.78 is 5.30. The molecule has 1 N–H and O–H groups in total. The minimum Gasteiger partial charge on any atom is -0.495 e. The number of anilines is 1. The number of nitrogens with one attached hydrogen (secondary N) is 1. The van der Waals surface area contributed by atoms with Gasteiger partial charge in [-0.15, -0.1) is 11.3 Å². The van der Waals surface area contributed by atoms with Gasteiger partial charge in [0, 0.05) is 6.54 Å². The van der Waals surface area contributed by atoms with Crippen molar-refractivity contribution in [3.63, 3.8) is 0 Å². The summed E-state index contributed by atoms with van der Waals surface area (Å²) in [5, 5.41) is 4.79. The number of hydrogen-bond acceptors (Lipinski definition) is 4. The second kappa shape index (κ2) is 7.05.